The third-order valence-corrected chi connectivity index (χ3v) is 3.41. The van der Waals surface area contributed by atoms with E-state index in [1.54, 1.807) is 0 Å². The molecule has 1 fully saturated rings. The summed E-state index contributed by atoms with van der Waals surface area (Å²) in [6.07, 6.45) is 3.12. The molecule has 0 aliphatic carbocycles. The number of carbonyl (C=O) groups is 1. The monoisotopic (exact) mass is 213 g/mol. The number of carbonyl (C=O) groups excluding carboxylic acids is 1. The minimum atomic E-state index is -0.562. The van der Waals surface area contributed by atoms with Crippen molar-refractivity contribution in [1.82, 2.24) is 4.90 Å². The Labute approximate surface area is 92.5 Å². The summed E-state index contributed by atoms with van der Waals surface area (Å²) in [6, 6.07) is 0. The van der Waals surface area contributed by atoms with Crippen molar-refractivity contribution in [3.05, 3.63) is 0 Å². The maximum atomic E-state index is 11.8. The van der Waals surface area contributed by atoms with Crippen molar-refractivity contribution >= 4 is 5.91 Å². The van der Waals surface area contributed by atoms with Crippen LogP contribution in [-0.2, 0) is 4.79 Å². The van der Waals surface area contributed by atoms with Gasteiger partial charge >= 0.3 is 0 Å². The van der Waals surface area contributed by atoms with Gasteiger partial charge < -0.3 is 10.0 Å². The molecular weight excluding hydrogens is 190 g/mol. The van der Waals surface area contributed by atoms with Gasteiger partial charge in [-0.1, -0.05) is 20.3 Å². The molecule has 1 rings (SSSR count). The molecule has 1 N–H and O–H groups in total. The molecule has 0 aromatic carbocycles. The van der Waals surface area contributed by atoms with Crippen molar-refractivity contribution in [3.63, 3.8) is 0 Å². The number of piperidine rings is 1. The van der Waals surface area contributed by atoms with E-state index in [0.717, 1.165) is 6.42 Å². The molecular formula is C12H23NO2. The van der Waals surface area contributed by atoms with Gasteiger partial charge in [0.2, 0.25) is 5.91 Å². The predicted octanol–water partition coefficient (Wildman–Crippen LogP) is 1.80. The van der Waals surface area contributed by atoms with Crippen LogP contribution >= 0.6 is 0 Å². The maximum absolute atomic E-state index is 11.8. The summed E-state index contributed by atoms with van der Waals surface area (Å²) >= 11 is 0. The minimum absolute atomic E-state index is 0.250. The molecule has 1 heterocycles. The van der Waals surface area contributed by atoms with Crippen LogP contribution in [0.3, 0.4) is 0 Å². The number of rotatable bonds is 3. The molecule has 1 aliphatic rings. The van der Waals surface area contributed by atoms with Crippen molar-refractivity contribution < 1.29 is 9.90 Å². The van der Waals surface area contributed by atoms with Gasteiger partial charge in [-0.15, -0.1) is 0 Å². The summed E-state index contributed by atoms with van der Waals surface area (Å²) in [4.78, 5) is 13.7. The van der Waals surface area contributed by atoms with Gasteiger partial charge in [-0.25, -0.2) is 0 Å². The number of amides is 1. The van der Waals surface area contributed by atoms with E-state index in [1.165, 1.54) is 0 Å². The molecule has 1 atom stereocenters. The Kier molecular flexibility index (Phi) is 4.14. The van der Waals surface area contributed by atoms with E-state index < -0.39 is 5.60 Å². The van der Waals surface area contributed by atoms with Gasteiger partial charge in [0.15, 0.2) is 0 Å². The van der Waals surface area contributed by atoms with Crippen LogP contribution in [0, 0.1) is 5.92 Å². The van der Waals surface area contributed by atoms with Crippen LogP contribution in [0.15, 0.2) is 0 Å². The summed E-state index contributed by atoms with van der Waals surface area (Å²) in [5.74, 6) is 0.722. The molecule has 0 bridgehead atoms. The SMILES string of the molecule is CCC(C)CC(=O)N1CCC(C)(O)CC1. The van der Waals surface area contributed by atoms with E-state index in [0.29, 0.717) is 38.3 Å². The van der Waals surface area contributed by atoms with Crippen LogP contribution in [0.25, 0.3) is 0 Å². The van der Waals surface area contributed by atoms with E-state index in [1.807, 2.05) is 11.8 Å². The zero-order valence-electron chi connectivity index (χ0n) is 10.1. The average molecular weight is 213 g/mol. The molecule has 0 aromatic heterocycles. The Morgan fingerprint density at radius 3 is 2.47 bits per heavy atom. The number of likely N-dealkylation sites (tertiary alicyclic amines) is 1. The summed E-state index contributed by atoms with van der Waals surface area (Å²) in [7, 11) is 0. The number of aliphatic hydroxyl groups is 1. The van der Waals surface area contributed by atoms with Crippen LogP contribution in [0.1, 0.15) is 46.5 Å². The Bertz CT molecular complexity index is 216. The van der Waals surface area contributed by atoms with Gasteiger partial charge in [0.1, 0.15) is 0 Å². The van der Waals surface area contributed by atoms with Crippen LogP contribution in [0.2, 0.25) is 0 Å². The third kappa shape index (κ3) is 3.82. The van der Waals surface area contributed by atoms with Gasteiger partial charge in [-0.05, 0) is 25.7 Å². The van der Waals surface area contributed by atoms with E-state index in [2.05, 4.69) is 13.8 Å². The van der Waals surface area contributed by atoms with Gasteiger partial charge in [0.05, 0.1) is 5.60 Å². The summed E-state index contributed by atoms with van der Waals surface area (Å²) in [5.41, 5.74) is -0.562. The normalized spacial score (nSPS) is 22.5. The highest BCUT2D eigenvalue weighted by Crippen LogP contribution is 2.22. The molecule has 3 heteroatoms. The van der Waals surface area contributed by atoms with Crippen molar-refractivity contribution in [2.24, 2.45) is 5.92 Å². The van der Waals surface area contributed by atoms with Crippen molar-refractivity contribution in [3.8, 4) is 0 Å². The van der Waals surface area contributed by atoms with Crippen molar-refractivity contribution in [2.75, 3.05) is 13.1 Å². The van der Waals surface area contributed by atoms with E-state index in [9.17, 15) is 9.90 Å². The highest BCUT2D eigenvalue weighted by molar-refractivity contribution is 5.76. The molecule has 0 radical (unpaired) electrons. The first kappa shape index (κ1) is 12.5. The second kappa shape index (κ2) is 4.97. The van der Waals surface area contributed by atoms with Gasteiger partial charge in [-0.2, -0.15) is 0 Å². The lowest BCUT2D eigenvalue weighted by Gasteiger charge is -2.36. The molecule has 1 unspecified atom stereocenters. The highest BCUT2D eigenvalue weighted by atomic mass is 16.3. The lowest BCUT2D eigenvalue weighted by Crippen LogP contribution is -2.45. The van der Waals surface area contributed by atoms with E-state index in [4.69, 9.17) is 0 Å². The van der Waals surface area contributed by atoms with Crippen molar-refractivity contribution in [1.29, 1.82) is 0 Å². The number of hydrogen-bond donors (Lipinski definition) is 1. The van der Waals surface area contributed by atoms with Crippen LogP contribution in [-0.4, -0.2) is 34.6 Å². The second-order valence-corrected chi connectivity index (χ2v) is 5.10. The zero-order valence-corrected chi connectivity index (χ0v) is 10.1. The fourth-order valence-corrected chi connectivity index (χ4v) is 1.81. The predicted molar refractivity (Wildman–Crippen MR) is 60.5 cm³/mol. The van der Waals surface area contributed by atoms with Gasteiger partial charge in [0.25, 0.3) is 0 Å². The van der Waals surface area contributed by atoms with Gasteiger partial charge in [0, 0.05) is 19.5 Å². The maximum Gasteiger partial charge on any atom is 0.222 e. The summed E-state index contributed by atoms with van der Waals surface area (Å²) < 4.78 is 0. The Morgan fingerprint density at radius 2 is 2.00 bits per heavy atom. The summed E-state index contributed by atoms with van der Waals surface area (Å²) in [5, 5.41) is 9.76. The lowest BCUT2D eigenvalue weighted by atomic mass is 9.93. The number of hydrogen-bond acceptors (Lipinski definition) is 2. The molecule has 0 saturated carbocycles. The Hall–Kier alpha value is -0.570. The standard InChI is InChI=1S/C12H23NO2/c1-4-10(2)9-11(14)13-7-5-12(3,15)6-8-13/h10,15H,4-9H2,1-3H3. The molecule has 1 amide bonds. The zero-order chi connectivity index (χ0) is 11.5. The minimum Gasteiger partial charge on any atom is -0.390 e. The second-order valence-electron chi connectivity index (χ2n) is 5.10. The quantitative estimate of drug-likeness (QED) is 0.776. The van der Waals surface area contributed by atoms with Crippen molar-refractivity contribution in [2.45, 2.75) is 52.1 Å². The average Bonchev–Trinajstić information content (AvgIpc) is 2.17. The molecule has 0 spiro atoms. The third-order valence-electron chi connectivity index (χ3n) is 3.41. The summed E-state index contributed by atoms with van der Waals surface area (Å²) in [6.45, 7) is 7.49. The number of nitrogens with zero attached hydrogens (tertiary/aromatic N) is 1. The Morgan fingerprint density at radius 1 is 1.47 bits per heavy atom. The molecule has 88 valence electrons. The largest absolute Gasteiger partial charge is 0.390 e. The fourth-order valence-electron chi connectivity index (χ4n) is 1.81. The smallest absolute Gasteiger partial charge is 0.222 e. The first-order valence-corrected chi connectivity index (χ1v) is 5.95. The van der Waals surface area contributed by atoms with Crippen LogP contribution in [0.4, 0.5) is 0 Å². The van der Waals surface area contributed by atoms with Gasteiger partial charge in [-0.3, -0.25) is 4.79 Å². The first-order valence-electron chi connectivity index (χ1n) is 5.95. The molecule has 0 aromatic rings. The molecule has 3 nitrogen and oxygen atoms in total. The first-order chi connectivity index (χ1) is 6.94. The lowest BCUT2D eigenvalue weighted by molar-refractivity contribution is -0.135. The van der Waals surface area contributed by atoms with Crippen LogP contribution < -0.4 is 0 Å². The fraction of sp³-hybridized carbons (Fsp3) is 0.917. The Balaban J connectivity index is 2.36. The topological polar surface area (TPSA) is 40.5 Å². The van der Waals surface area contributed by atoms with Crippen LogP contribution in [0.5, 0.6) is 0 Å². The van der Waals surface area contributed by atoms with E-state index >= 15 is 0 Å². The molecule has 15 heavy (non-hydrogen) atoms. The highest BCUT2D eigenvalue weighted by Gasteiger charge is 2.29. The molecule has 1 aliphatic heterocycles. The van der Waals surface area contributed by atoms with E-state index in [-0.39, 0.29) is 5.91 Å². The molecule has 1 saturated heterocycles.